The number of amides is 1. The second-order valence-electron chi connectivity index (χ2n) is 9.15. The lowest BCUT2D eigenvalue weighted by Crippen LogP contribution is -2.31. The van der Waals surface area contributed by atoms with Crippen LogP contribution in [0.25, 0.3) is 10.9 Å². The number of nitrogens with one attached hydrogen (secondary N) is 2. The molecule has 0 spiro atoms. The molecule has 36 heavy (non-hydrogen) atoms. The average Bonchev–Trinajstić information content (AvgIpc) is 2.87. The molecule has 2 N–H and O–H groups in total. The predicted octanol–water partition coefficient (Wildman–Crippen LogP) is 4.95. The van der Waals surface area contributed by atoms with E-state index in [1.807, 2.05) is 75.4 Å². The van der Waals surface area contributed by atoms with Crippen LogP contribution in [0.3, 0.4) is 0 Å². The number of rotatable bonds is 6. The summed E-state index contributed by atoms with van der Waals surface area (Å²) in [4.78, 5) is 26.8. The summed E-state index contributed by atoms with van der Waals surface area (Å²) in [5.74, 6) is 0.938. The molecular weight excluding hydrogens is 454 g/mol. The van der Waals surface area contributed by atoms with Crippen LogP contribution in [0.2, 0.25) is 0 Å². The van der Waals surface area contributed by atoms with Gasteiger partial charge < -0.3 is 20.1 Å². The van der Waals surface area contributed by atoms with Crippen molar-refractivity contribution in [2.75, 3.05) is 23.8 Å². The van der Waals surface area contributed by atoms with Crippen molar-refractivity contribution in [1.82, 2.24) is 4.57 Å². The third kappa shape index (κ3) is 4.77. The third-order valence-electron chi connectivity index (χ3n) is 6.41. The van der Waals surface area contributed by atoms with E-state index in [0.29, 0.717) is 42.3 Å². The summed E-state index contributed by atoms with van der Waals surface area (Å²) in [7, 11) is 0. The summed E-state index contributed by atoms with van der Waals surface area (Å²) in [5, 5.41) is 7.12. The van der Waals surface area contributed by atoms with Crippen molar-refractivity contribution in [3.05, 3.63) is 93.3 Å². The summed E-state index contributed by atoms with van der Waals surface area (Å²) < 4.78 is 13.0. The van der Waals surface area contributed by atoms with Gasteiger partial charge in [0.15, 0.2) is 11.5 Å². The molecule has 1 aliphatic rings. The van der Waals surface area contributed by atoms with Crippen molar-refractivity contribution in [1.29, 1.82) is 0 Å². The van der Waals surface area contributed by atoms with E-state index in [0.717, 1.165) is 33.5 Å². The second-order valence-corrected chi connectivity index (χ2v) is 9.15. The fourth-order valence-corrected chi connectivity index (χ4v) is 4.46. The third-order valence-corrected chi connectivity index (χ3v) is 6.41. The molecule has 7 nitrogen and oxygen atoms in total. The highest BCUT2D eigenvalue weighted by molar-refractivity contribution is 5.93. The zero-order chi connectivity index (χ0) is 25.2. The first kappa shape index (κ1) is 23.5. The van der Waals surface area contributed by atoms with Crippen LogP contribution in [0.1, 0.15) is 22.3 Å². The molecule has 184 valence electrons. The van der Waals surface area contributed by atoms with Crippen molar-refractivity contribution in [3.8, 4) is 11.5 Å². The summed E-state index contributed by atoms with van der Waals surface area (Å²) in [6, 6.07) is 19.4. The van der Waals surface area contributed by atoms with Crippen LogP contribution in [-0.4, -0.2) is 23.7 Å². The van der Waals surface area contributed by atoms with E-state index >= 15 is 0 Å². The molecule has 1 amide bonds. The molecule has 5 rings (SSSR count). The van der Waals surface area contributed by atoms with Crippen LogP contribution in [0.15, 0.2) is 65.5 Å². The number of ether oxygens (including phenoxy) is 2. The number of benzene rings is 3. The van der Waals surface area contributed by atoms with E-state index in [9.17, 15) is 9.59 Å². The minimum atomic E-state index is -0.269. The number of pyridine rings is 1. The Kier molecular flexibility index (Phi) is 6.38. The quantitative estimate of drug-likeness (QED) is 0.406. The number of para-hydroxylation sites is 1. The molecule has 0 saturated heterocycles. The van der Waals surface area contributed by atoms with Crippen LogP contribution in [0.5, 0.6) is 11.5 Å². The Morgan fingerprint density at radius 3 is 2.28 bits per heavy atom. The van der Waals surface area contributed by atoms with Gasteiger partial charge >= 0.3 is 0 Å². The summed E-state index contributed by atoms with van der Waals surface area (Å²) in [5.41, 5.74) is 5.74. The Bertz CT molecular complexity index is 1490. The van der Waals surface area contributed by atoms with E-state index in [1.54, 1.807) is 6.07 Å². The van der Waals surface area contributed by atoms with Gasteiger partial charge in [-0.25, -0.2) is 0 Å². The molecule has 3 aromatic carbocycles. The second kappa shape index (κ2) is 9.77. The van der Waals surface area contributed by atoms with Crippen LogP contribution >= 0.6 is 0 Å². The molecular formula is C29H29N3O4. The van der Waals surface area contributed by atoms with E-state index < -0.39 is 0 Å². The lowest BCUT2D eigenvalue weighted by atomic mass is 10.1. The summed E-state index contributed by atoms with van der Waals surface area (Å²) in [6.45, 7) is 7.04. The van der Waals surface area contributed by atoms with Gasteiger partial charge in [0.05, 0.1) is 5.52 Å². The van der Waals surface area contributed by atoms with Gasteiger partial charge in [0.2, 0.25) is 5.91 Å². The topological polar surface area (TPSA) is 81.6 Å². The van der Waals surface area contributed by atoms with Crippen molar-refractivity contribution in [2.24, 2.45) is 0 Å². The molecule has 0 saturated carbocycles. The monoisotopic (exact) mass is 483 g/mol. The lowest BCUT2D eigenvalue weighted by molar-refractivity contribution is -0.116. The highest BCUT2D eigenvalue weighted by Crippen LogP contribution is 2.34. The van der Waals surface area contributed by atoms with Crippen molar-refractivity contribution >= 4 is 28.2 Å². The van der Waals surface area contributed by atoms with Gasteiger partial charge in [-0.15, -0.1) is 0 Å². The van der Waals surface area contributed by atoms with Gasteiger partial charge in [0.1, 0.15) is 19.8 Å². The van der Waals surface area contributed by atoms with E-state index in [2.05, 4.69) is 10.6 Å². The van der Waals surface area contributed by atoms with Crippen molar-refractivity contribution in [2.45, 2.75) is 33.9 Å². The molecule has 0 unspecified atom stereocenters. The van der Waals surface area contributed by atoms with Crippen LogP contribution in [0, 0.1) is 20.8 Å². The largest absolute Gasteiger partial charge is 0.486 e. The highest BCUT2D eigenvalue weighted by Gasteiger charge is 2.19. The Balaban J connectivity index is 1.52. The first-order chi connectivity index (χ1) is 17.4. The number of hydrogen-bond donors (Lipinski definition) is 2. The van der Waals surface area contributed by atoms with E-state index in [-0.39, 0.29) is 18.0 Å². The maximum absolute atomic E-state index is 13.6. The molecule has 4 aromatic rings. The van der Waals surface area contributed by atoms with E-state index in [4.69, 9.17) is 9.47 Å². The number of hydrogen-bond acceptors (Lipinski definition) is 5. The van der Waals surface area contributed by atoms with Gasteiger partial charge in [-0.1, -0.05) is 35.9 Å². The number of anilines is 2. The predicted molar refractivity (Wildman–Crippen MR) is 142 cm³/mol. The van der Waals surface area contributed by atoms with Gasteiger partial charge in [0.25, 0.3) is 5.56 Å². The normalized spacial score (nSPS) is 12.4. The first-order valence-electron chi connectivity index (χ1n) is 12.0. The maximum Gasteiger partial charge on any atom is 0.256 e. The Morgan fingerprint density at radius 2 is 1.58 bits per heavy atom. The minimum Gasteiger partial charge on any atom is -0.486 e. The fraction of sp³-hybridized carbons (Fsp3) is 0.241. The Labute approximate surface area is 209 Å². The summed E-state index contributed by atoms with van der Waals surface area (Å²) >= 11 is 0. The van der Waals surface area contributed by atoms with Crippen LogP contribution in [-0.2, 0) is 17.9 Å². The Hall–Kier alpha value is -4.26. The van der Waals surface area contributed by atoms with E-state index in [1.165, 1.54) is 4.57 Å². The SMILES string of the molecule is Cc1ccc(NCc2cc3cc4c(cc3n(CC(=O)Nc3c(C)cccc3C)c2=O)OCCO4)cc1. The first-order valence-corrected chi connectivity index (χ1v) is 12.0. The zero-order valence-corrected chi connectivity index (χ0v) is 20.7. The number of carbonyl (C=O) groups is 1. The molecule has 0 radical (unpaired) electrons. The highest BCUT2D eigenvalue weighted by atomic mass is 16.6. The van der Waals surface area contributed by atoms with Gasteiger partial charge in [-0.2, -0.15) is 0 Å². The lowest BCUT2D eigenvalue weighted by Gasteiger charge is -2.21. The van der Waals surface area contributed by atoms with Crippen LogP contribution < -0.4 is 25.7 Å². The minimum absolute atomic E-state index is 0.124. The van der Waals surface area contributed by atoms with Gasteiger partial charge in [-0.3, -0.25) is 14.2 Å². The zero-order valence-electron chi connectivity index (χ0n) is 20.7. The summed E-state index contributed by atoms with van der Waals surface area (Å²) in [6.07, 6.45) is 0. The number of fused-ring (bicyclic) bond motifs is 2. The average molecular weight is 484 g/mol. The molecule has 1 aliphatic heterocycles. The van der Waals surface area contributed by atoms with Crippen molar-refractivity contribution < 1.29 is 14.3 Å². The fourth-order valence-electron chi connectivity index (χ4n) is 4.46. The Morgan fingerprint density at radius 1 is 0.917 bits per heavy atom. The van der Waals surface area contributed by atoms with Crippen molar-refractivity contribution in [3.63, 3.8) is 0 Å². The standard InChI is InChI=1S/C29H29N3O4/c1-18-7-9-23(10-8-18)30-16-22-13-21-14-25-26(36-12-11-35-25)15-24(21)32(29(22)34)17-27(33)31-28-19(2)5-4-6-20(28)3/h4-10,13-15,30H,11-12,16-17H2,1-3H3,(H,31,33). The molecule has 7 heteroatoms. The number of aryl methyl sites for hydroxylation is 3. The molecule has 0 bridgehead atoms. The number of aromatic nitrogens is 1. The molecule has 2 heterocycles. The maximum atomic E-state index is 13.6. The molecule has 0 atom stereocenters. The smallest absolute Gasteiger partial charge is 0.256 e. The number of nitrogens with zero attached hydrogens (tertiary/aromatic N) is 1. The number of carbonyl (C=O) groups excluding carboxylic acids is 1. The molecule has 0 fully saturated rings. The molecule has 1 aromatic heterocycles. The van der Waals surface area contributed by atoms with Crippen LogP contribution in [0.4, 0.5) is 11.4 Å². The van der Waals surface area contributed by atoms with Gasteiger partial charge in [-0.05, 0) is 56.2 Å². The van der Waals surface area contributed by atoms with Gasteiger partial charge in [0, 0.05) is 34.9 Å². The molecule has 0 aliphatic carbocycles.